The summed E-state index contributed by atoms with van der Waals surface area (Å²) in [5.74, 6) is 0.757. The highest BCUT2D eigenvalue weighted by Crippen LogP contribution is 2.27. The van der Waals surface area contributed by atoms with Crippen molar-refractivity contribution in [2.24, 2.45) is 0 Å². The van der Waals surface area contributed by atoms with Crippen LogP contribution in [0, 0.1) is 3.57 Å². The molecule has 0 saturated heterocycles. The van der Waals surface area contributed by atoms with Crippen molar-refractivity contribution in [3.8, 4) is 11.4 Å². The molecule has 17 heavy (non-hydrogen) atoms. The monoisotopic (exact) mass is 356 g/mol. The van der Waals surface area contributed by atoms with Gasteiger partial charge in [-0.05, 0) is 40.8 Å². The first-order valence-electron chi connectivity index (χ1n) is 4.85. The van der Waals surface area contributed by atoms with E-state index in [4.69, 9.17) is 11.6 Å². The van der Waals surface area contributed by atoms with E-state index in [1.807, 2.05) is 18.2 Å². The van der Waals surface area contributed by atoms with Gasteiger partial charge in [0.25, 0.3) is 0 Å². The molecule has 0 saturated carbocycles. The first-order chi connectivity index (χ1) is 8.24. The van der Waals surface area contributed by atoms with E-state index >= 15 is 0 Å². The summed E-state index contributed by atoms with van der Waals surface area (Å²) in [6.07, 6.45) is 3.19. The fraction of sp³-hybridized carbons (Fsp3) is 0. The Morgan fingerprint density at radius 3 is 3.00 bits per heavy atom. The number of nitrogens with zero attached hydrogens (tertiary/aromatic N) is 3. The van der Waals surface area contributed by atoms with Gasteiger partial charge < -0.3 is 4.98 Å². The van der Waals surface area contributed by atoms with Gasteiger partial charge >= 0.3 is 0 Å². The second kappa shape index (κ2) is 4.23. The van der Waals surface area contributed by atoms with Crippen molar-refractivity contribution in [1.82, 2.24) is 19.9 Å². The molecule has 0 bridgehead atoms. The summed E-state index contributed by atoms with van der Waals surface area (Å²) in [7, 11) is 0. The Hall–Kier alpha value is -1.21. The molecule has 2 heterocycles. The van der Waals surface area contributed by atoms with Crippen LogP contribution >= 0.6 is 34.2 Å². The first kappa shape index (κ1) is 10.9. The lowest BCUT2D eigenvalue weighted by molar-refractivity contribution is 1.20. The minimum atomic E-state index is 0.658. The Labute approximate surface area is 116 Å². The van der Waals surface area contributed by atoms with Gasteiger partial charge in [0.1, 0.15) is 17.7 Å². The lowest BCUT2D eigenvalue weighted by Crippen LogP contribution is -1.85. The molecule has 84 valence electrons. The number of benzene rings is 1. The predicted octanol–water partition coefficient (Wildman–Crippen LogP) is 3.28. The van der Waals surface area contributed by atoms with Gasteiger partial charge in [0.15, 0.2) is 5.65 Å². The molecule has 0 spiro atoms. The van der Waals surface area contributed by atoms with Crippen molar-refractivity contribution >= 4 is 45.4 Å². The number of halogens is 2. The summed E-state index contributed by atoms with van der Waals surface area (Å²) in [6.45, 7) is 0. The Morgan fingerprint density at radius 1 is 1.29 bits per heavy atom. The number of hydrogen-bond donors (Lipinski definition) is 1. The largest absolute Gasteiger partial charge is 0.335 e. The summed E-state index contributed by atoms with van der Waals surface area (Å²) < 4.78 is 1.08. The second-order valence-corrected chi connectivity index (χ2v) is 5.07. The van der Waals surface area contributed by atoms with Gasteiger partial charge in [-0.3, -0.25) is 0 Å². The summed E-state index contributed by atoms with van der Waals surface area (Å²) >= 11 is 8.24. The van der Waals surface area contributed by atoms with E-state index in [9.17, 15) is 0 Å². The zero-order valence-corrected chi connectivity index (χ0v) is 11.4. The number of aromatic amines is 1. The van der Waals surface area contributed by atoms with E-state index in [-0.39, 0.29) is 0 Å². The molecule has 0 aliphatic carbocycles. The Balaban J connectivity index is 2.23. The predicted molar refractivity (Wildman–Crippen MR) is 74.8 cm³/mol. The van der Waals surface area contributed by atoms with Gasteiger partial charge in [-0.2, -0.15) is 0 Å². The molecule has 4 nitrogen and oxygen atoms in total. The third-order valence-corrected chi connectivity index (χ3v) is 3.52. The topological polar surface area (TPSA) is 54.5 Å². The highest BCUT2D eigenvalue weighted by Gasteiger charge is 2.09. The lowest BCUT2D eigenvalue weighted by Gasteiger charge is -2.00. The van der Waals surface area contributed by atoms with Crippen LogP contribution in [0.5, 0.6) is 0 Å². The fourth-order valence-electron chi connectivity index (χ4n) is 1.57. The van der Waals surface area contributed by atoms with Crippen molar-refractivity contribution in [3.05, 3.63) is 39.3 Å². The standard InChI is InChI=1S/C11H6ClIN4/c12-6-1-2-8(13)7(3-6)10-16-9-4-14-5-15-11(9)17-10/h1-5H,(H,14,15,16,17). The van der Waals surface area contributed by atoms with Crippen LogP contribution in [0.2, 0.25) is 5.02 Å². The van der Waals surface area contributed by atoms with Crippen molar-refractivity contribution in [2.75, 3.05) is 0 Å². The molecule has 3 aromatic rings. The molecule has 0 fully saturated rings. The Kier molecular flexibility index (Phi) is 2.71. The second-order valence-electron chi connectivity index (χ2n) is 3.47. The third kappa shape index (κ3) is 2.00. The van der Waals surface area contributed by atoms with Gasteiger partial charge in [-0.25, -0.2) is 15.0 Å². The molecule has 0 amide bonds. The average Bonchev–Trinajstić information content (AvgIpc) is 2.75. The van der Waals surface area contributed by atoms with Crippen LogP contribution in [-0.2, 0) is 0 Å². The van der Waals surface area contributed by atoms with Gasteiger partial charge in [-0.15, -0.1) is 0 Å². The van der Waals surface area contributed by atoms with Crippen molar-refractivity contribution < 1.29 is 0 Å². The van der Waals surface area contributed by atoms with Gasteiger partial charge in [-0.1, -0.05) is 11.6 Å². The normalized spacial score (nSPS) is 10.9. The lowest BCUT2D eigenvalue weighted by atomic mass is 10.2. The van der Waals surface area contributed by atoms with E-state index < -0.39 is 0 Å². The average molecular weight is 357 g/mol. The van der Waals surface area contributed by atoms with Gasteiger partial charge in [0.05, 0.1) is 6.20 Å². The van der Waals surface area contributed by atoms with Gasteiger partial charge in [0, 0.05) is 14.2 Å². The first-order valence-corrected chi connectivity index (χ1v) is 6.31. The van der Waals surface area contributed by atoms with E-state index in [0.29, 0.717) is 10.7 Å². The number of H-pyrrole nitrogens is 1. The number of hydrogen-bond acceptors (Lipinski definition) is 3. The van der Waals surface area contributed by atoms with Crippen LogP contribution in [0.4, 0.5) is 0 Å². The quantitative estimate of drug-likeness (QED) is 0.681. The van der Waals surface area contributed by atoms with E-state index in [1.165, 1.54) is 6.33 Å². The molecule has 0 aliphatic heterocycles. The van der Waals surface area contributed by atoms with Crippen molar-refractivity contribution in [3.63, 3.8) is 0 Å². The van der Waals surface area contributed by atoms with E-state index in [1.54, 1.807) is 6.20 Å². The summed E-state index contributed by atoms with van der Waals surface area (Å²) in [5.41, 5.74) is 2.44. The van der Waals surface area contributed by atoms with Crippen LogP contribution in [0.1, 0.15) is 0 Å². The third-order valence-electron chi connectivity index (χ3n) is 2.35. The minimum Gasteiger partial charge on any atom is -0.335 e. The SMILES string of the molecule is Clc1ccc(I)c(-c2nc3ncncc3[nH]2)c1. The molecular weight excluding hydrogens is 351 g/mol. The van der Waals surface area contributed by atoms with Crippen LogP contribution in [-0.4, -0.2) is 19.9 Å². The van der Waals surface area contributed by atoms with Crippen LogP contribution in [0.3, 0.4) is 0 Å². The summed E-state index contributed by atoms with van der Waals surface area (Å²) in [4.78, 5) is 15.6. The zero-order valence-electron chi connectivity index (χ0n) is 8.48. The van der Waals surface area contributed by atoms with E-state index in [0.717, 1.165) is 20.5 Å². The number of aromatic nitrogens is 4. The van der Waals surface area contributed by atoms with Crippen LogP contribution in [0.25, 0.3) is 22.6 Å². The molecule has 1 aromatic carbocycles. The maximum Gasteiger partial charge on any atom is 0.181 e. The Bertz CT molecular complexity index is 662. The number of rotatable bonds is 1. The molecule has 3 rings (SSSR count). The smallest absolute Gasteiger partial charge is 0.181 e. The fourth-order valence-corrected chi connectivity index (χ4v) is 2.33. The molecule has 2 aromatic heterocycles. The molecule has 0 radical (unpaired) electrons. The minimum absolute atomic E-state index is 0.658. The molecule has 0 aliphatic rings. The van der Waals surface area contributed by atoms with Gasteiger partial charge in [0.2, 0.25) is 0 Å². The maximum absolute atomic E-state index is 5.99. The number of imidazole rings is 1. The summed E-state index contributed by atoms with van der Waals surface area (Å²) in [5, 5.41) is 0.687. The molecule has 6 heteroatoms. The molecule has 0 atom stereocenters. The summed E-state index contributed by atoms with van der Waals surface area (Å²) in [6, 6.07) is 5.70. The molecular formula is C11H6ClIN4. The van der Waals surface area contributed by atoms with Crippen molar-refractivity contribution in [1.29, 1.82) is 0 Å². The maximum atomic E-state index is 5.99. The molecule has 0 unspecified atom stereocenters. The molecule has 1 N–H and O–H groups in total. The van der Waals surface area contributed by atoms with E-state index in [2.05, 4.69) is 42.5 Å². The highest BCUT2D eigenvalue weighted by atomic mass is 127. The van der Waals surface area contributed by atoms with Crippen LogP contribution < -0.4 is 0 Å². The zero-order chi connectivity index (χ0) is 11.8. The Morgan fingerprint density at radius 2 is 2.18 bits per heavy atom. The number of fused-ring (bicyclic) bond motifs is 1. The highest BCUT2D eigenvalue weighted by molar-refractivity contribution is 14.1. The number of nitrogens with one attached hydrogen (secondary N) is 1. The van der Waals surface area contributed by atoms with Crippen LogP contribution in [0.15, 0.2) is 30.7 Å². The van der Waals surface area contributed by atoms with Crippen molar-refractivity contribution in [2.45, 2.75) is 0 Å².